The van der Waals surface area contributed by atoms with E-state index in [1.807, 2.05) is 6.92 Å². The van der Waals surface area contributed by atoms with Crippen molar-refractivity contribution < 1.29 is 4.79 Å². The summed E-state index contributed by atoms with van der Waals surface area (Å²) in [7, 11) is 0. The highest BCUT2D eigenvalue weighted by Crippen LogP contribution is 2.55. The highest BCUT2D eigenvalue weighted by atomic mass is 16.1. The van der Waals surface area contributed by atoms with E-state index in [4.69, 9.17) is 0 Å². The minimum atomic E-state index is 0.0114. The molecule has 0 aliphatic heterocycles. The summed E-state index contributed by atoms with van der Waals surface area (Å²) in [6.07, 6.45) is 3.02. The van der Waals surface area contributed by atoms with Gasteiger partial charge in [0.25, 0.3) is 0 Å². The maximum atomic E-state index is 11.8. The number of nitrogens with one attached hydrogen (secondary N) is 1. The van der Waals surface area contributed by atoms with E-state index in [1.165, 1.54) is 0 Å². The van der Waals surface area contributed by atoms with Crippen LogP contribution in [0, 0.1) is 12.3 Å². The van der Waals surface area contributed by atoms with E-state index in [-0.39, 0.29) is 5.41 Å². The number of Topliss-reactive ketones (excluding diaryl/α,β-unsaturated/α-hetero) is 1. The molecule has 0 aromatic carbocycles. The van der Waals surface area contributed by atoms with Gasteiger partial charge in [0.2, 0.25) is 0 Å². The fraction of sp³-hybridized carbons (Fsp3) is 0.556. The van der Waals surface area contributed by atoms with Crippen LogP contribution in [-0.2, 0) is 6.42 Å². The van der Waals surface area contributed by atoms with Crippen LogP contribution < -0.4 is 0 Å². The second kappa shape index (κ2) is 1.63. The van der Waals surface area contributed by atoms with E-state index >= 15 is 0 Å². The van der Waals surface area contributed by atoms with Gasteiger partial charge < -0.3 is 0 Å². The van der Waals surface area contributed by atoms with E-state index in [2.05, 4.69) is 10.2 Å². The second-order valence-electron chi connectivity index (χ2n) is 3.96. The molecule has 0 unspecified atom stereocenters. The van der Waals surface area contributed by atoms with E-state index in [1.54, 1.807) is 0 Å². The van der Waals surface area contributed by atoms with Crippen molar-refractivity contribution in [2.45, 2.75) is 26.2 Å². The molecule has 2 aliphatic carbocycles. The molecule has 0 amide bonds. The van der Waals surface area contributed by atoms with Gasteiger partial charge in [-0.1, -0.05) is 0 Å². The number of carbonyl (C=O) groups excluding carboxylic acids is 1. The predicted molar refractivity (Wildman–Crippen MR) is 43.0 cm³/mol. The van der Waals surface area contributed by atoms with Gasteiger partial charge >= 0.3 is 0 Å². The van der Waals surface area contributed by atoms with Gasteiger partial charge in [0, 0.05) is 17.5 Å². The Morgan fingerprint density at radius 3 is 2.83 bits per heavy atom. The fourth-order valence-corrected chi connectivity index (χ4v) is 2.13. The Bertz CT molecular complexity index is 374. The molecule has 3 nitrogen and oxygen atoms in total. The van der Waals surface area contributed by atoms with Crippen LogP contribution in [0.4, 0.5) is 0 Å². The van der Waals surface area contributed by atoms with Crippen LogP contribution in [0.5, 0.6) is 0 Å². The van der Waals surface area contributed by atoms with Crippen LogP contribution in [0.2, 0.25) is 0 Å². The van der Waals surface area contributed by atoms with Gasteiger partial charge in [0.05, 0.1) is 11.3 Å². The Hall–Kier alpha value is -1.12. The Kier molecular flexibility index (Phi) is 0.868. The largest absolute Gasteiger partial charge is 0.293 e. The molecule has 1 saturated carbocycles. The third-order valence-corrected chi connectivity index (χ3v) is 3.09. The number of fused-ring (bicyclic) bond motifs is 1. The predicted octanol–water partition coefficient (Wildman–Crippen LogP) is 1.24. The summed E-state index contributed by atoms with van der Waals surface area (Å²) in [5.41, 5.74) is 2.83. The van der Waals surface area contributed by atoms with Gasteiger partial charge in [-0.3, -0.25) is 9.89 Å². The summed E-state index contributed by atoms with van der Waals surface area (Å²) in [5.74, 6) is 0.337. The van der Waals surface area contributed by atoms with Crippen LogP contribution in [-0.4, -0.2) is 16.0 Å². The Labute approximate surface area is 70.2 Å². The van der Waals surface area contributed by atoms with E-state index in [0.717, 1.165) is 36.2 Å². The molecular weight excluding hydrogens is 152 g/mol. The summed E-state index contributed by atoms with van der Waals surface area (Å²) in [5, 5.41) is 7.00. The maximum absolute atomic E-state index is 11.8. The highest BCUT2D eigenvalue weighted by Gasteiger charge is 2.56. The first-order valence-electron chi connectivity index (χ1n) is 4.32. The summed E-state index contributed by atoms with van der Waals surface area (Å²) >= 11 is 0. The zero-order valence-corrected chi connectivity index (χ0v) is 6.98. The smallest absolute Gasteiger partial charge is 0.173 e. The van der Waals surface area contributed by atoms with Crippen LogP contribution in [0.15, 0.2) is 0 Å². The van der Waals surface area contributed by atoms with Crippen molar-refractivity contribution in [1.82, 2.24) is 10.2 Å². The quantitative estimate of drug-likeness (QED) is 0.623. The number of H-pyrrole nitrogens is 1. The molecule has 3 heteroatoms. The maximum Gasteiger partial charge on any atom is 0.173 e. The molecule has 62 valence electrons. The highest BCUT2D eigenvalue weighted by molar-refractivity contribution is 6.07. The number of ketones is 1. The number of aromatic amines is 1. The summed E-state index contributed by atoms with van der Waals surface area (Å²) in [6.45, 7) is 1.92. The number of hydrogen-bond acceptors (Lipinski definition) is 2. The first-order valence-corrected chi connectivity index (χ1v) is 4.32. The molecule has 1 spiro atoms. The Balaban J connectivity index is 2.21. The average molecular weight is 162 g/mol. The van der Waals surface area contributed by atoms with Crippen LogP contribution in [0.1, 0.15) is 34.6 Å². The van der Waals surface area contributed by atoms with Crippen LogP contribution in [0.25, 0.3) is 0 Å². The fourth-order valence-electron chi connectivity index (χ4n) is 2.13. The van der Waals surface area contributed by atoms with Crippen LogP contribution >= 0.6 is 0 Å². The monoisotopic (exact) mass is 162 g/mol. The molecular formula is C9H10N2O. The summed E-state index contributed by atoms with van der Waals surface area (Å²) in [6, 6.07) is 0. The van der Waals surface area contributed by atoms with Crippen LogP contribution in [0.3, 0.4) is 0 Å². The number of rotatable bonds is 0. The topological polar surface area (TPSA) is 45.8 Å². The number of hydrogen-bond donors (Lipinski definition) is 1. The minimum absolute atomic E-state index is 0.0114. The van der Waals surface area contributed by atoms with Gasteiger partial charge in [0.1, 0.15) is 0 Å². The summed E-state index contributed by atoms with van der Waals surface area (Å²) < 4.78 is 0. The molecule has 12 heavy (non-hydrogen) atoms. The van der Waals surface area contributed by atoms with Crippen molar-refractivity contribution in [3.63, 3.8) is 0 Å². The van der Waals surface area contributed by atoms with Crippen molar-refractivity contribution in [3.05, 3.63) is 17.0 Å². The minimum Gasteiger partial charge on any atom is -0.293 e. The molecule has 1 fully saturated rings. The Morgan fingerprint density at radius 2 is 2.25 bits per heavy atom. The molecule has 2 aliphatic rings. The van der Waals surface area contributed by atoms with Crippen molar-refractivity contribution in [1.29, 1.82) is 0 Å². The zero-order chi connectivity index (χ0) is 8.34. The first kappa shape index (κ1) is 6.40. The third-order valence-electron chi connectivity index (χ3n) is 3.09. The lowest BCUT2D eigenvalue weighted by molar-refractivity contribution is 0.0918. The van der Waals surface area contributed by atoms with Gasteiger partial charge in [-0.25, -0.2) is 0 Å². The van der Waals surface area contributed by atoms with Gasteiger partial charge in [-0.15, -0.1) is 0 Å². The number of aromatic nitrogens is 2. The SMILES string of the molecule is Cc1[nH]nc2c1C(=O)C1(CC1)C2. The standard InChI is InChI=1S/C9H10N2O/c1-5-7-6(11-10-5)4-9(2-3-9)8(7)12/h2-4H2,1H3,(H,10,11). The lowest BCUT2D eigenvalue weighted by atomic mass is 10.0. The lowest BCUT2D eigenvalue weighted by Gasteiger charge is -2.00. The lowest BCUT2D eigenvalue weighted by Crippen LogP contribution is -2.10. The third kappa shape index (κ3) is 0.543. The van der Waals surface area contributed by atoms with E-state index < -0.39 is 0 Å². The summed E-state index contributed by atoms with van der Waals surface area (Å²) in [4.78, 5) is 11.8. The molecule has 3 rings (SSSR count). The number of carbonyl (C=O) groups is 1. The Morgan fingerprint density at radius 1 is 1.50 bits per heavy atom. The number of aryl methyl sites for hydroxylation is 1. The molecule has 0 radical (unpaired) electrons. The van der Waals surface area contributed by atoms with Gasteiger partial charge in [-0.05, 0) is 19.8 Å². The normalized spacial score (nSPS) is 23.2. The molecule has 1 aromatic heterocycles. The van der Waals surface area contributed by atoms with E-state index in [0.29, 0.717) is 5.78 Å². The molecule has 0 bridgehead atoms. The molecule has 0 atom stereocenters. The van der Waals surface area contributed by atoms with Gasteiger partial charge in [0.15, 0.2) is 5.78 Å². The second-order valence-corrected chi connectivity index (χ2v) is 3.96. The molecule has 0 saturated heterocycles. The molecule has 1 heterocycles. The van der Waals surface area contributed by atoms with E-state index in [9.17, 15) is 4.79 Å². The van der Waals surface area contributed by atoms with Gasteiger partial charge in [-0.2, -0.15) is 5.10 Å². The van der Waals surface area contributed by atoms with Crippen molar-refractivity contribution in [3.8, 4) is 0 Å². The average Bonchev–Trinajstić information content (AvgIpc) is 2.64. The van der Waals surface area contributed by atoms with Crippen molar-refractivity contribution in [2.75, 3.05) is 0 Å². The van der Waals surface area contributed by atoms with Crippen molar-refractivity contribution >= 4 is 5.78 Å². The number of nitrogens with zero attached hydrogens (tertiary/aromatic N) is 1. The first-order chi connectivity index (χ1) is 5.73. The van der Waals surface area contributed by atoms with Crippen molar-refractivity contribution in [2.24, 2.45) is 5.41 Å². The molecule has 1 N–H and O–H groups in total. The molecule has 1 aromatic rings. The zero-order valence-electron chi connectivity index (χ0n) is 6.98.